The van der Waals surface area contributed by atoms with E-state index in [0.29, 0.717) is 19.8 Å². The Morgan fingerprint density at radius 2 is 1.86 bits per heavy atom. The average molecular weight is 383 g/mol. The lowest BCUT2D eigenvalue weighted by Crippen LogP contribution is -2.36. The first kappa shape index (κ1) is 18.9. The Hall–Kier alpha value is -2.44. The highest BCUT2D eigenvalue weighted by atomic mass is 19.1. The van der Waals surface area contributed by atoms with E-state index in [0.717, 1.165) is 57.9 Å². The van der Waals surface area contributed by atoms with Gasteiger partial charge in [0, 0.05) is 30.9 Å². The largest absolute Gasteiger partial charge is 0.392 e. The molecule has 1 aromatic heterocycles. The van der Waals surface area contributed by atoms with Crippen LogP contribution in [-0.2, 0) is 24.6 Å². The number of morpholine rings is 1. The summed E-state index contributed by atoms with van der Waals surface area (Å²) in [5, 5.41) is 9.93. The van der Waals surface area contributed by atoms with Gasteiger partial charge < -0.3 is 19.3 Å². The molecule has 1 saturated heterocycles. The molecule has 1 fully saturated rings. The van der Waals surface area contributed by atoms with Crippen molar-refractivity contribution in [1.29, 1.82) is 0 Å². The summed E-state index contributed by atoms with van der Waals surface area (Å²) in [5.74, 6) is 0.883. The molecule has 2 heterocycles. The van der Waals surface area contributed by atoms with Crippen molar-refractivity contribution in [2.45, 2.75) is 33.7 Å². The first-order chi connectivity index (χ1) is 13.6. The molecule has 148 valence electrons. The van der Waals surface area contributed by atoms with Crippen molar-refractivity contribution in [2.24, 2.45) is 0 Å². The Balaban J connectivity index is 1.81. The topological polar surface area (TPSA) is 50.5 Å². The highest BCUT2D eigenvalue weighted by Gasteiger charge is 2.18. The van der Waals surface area contributed by atoms with Gasteiger partial charge in [-0.3, -0.25) is 0 Å². The molecule has 0 bridgehead atoms. The van der Waals surface area contributed by atoms with Gasteiger partial charge in [-0.15, -0.1) is 0 Å². The molecule has 0 radical (unpaired) electrons. The number of imidazole rings is 1. The predicted molar refractivity (Wildman–Crippen MR) is 109 cm³/mol. The highest BCUT2D eigenvalue weighted by molar-refractivity contribution is 5.84. The third-order valence-corrected chi connectivity index (χ3v) is 5.69. The second-order valence-corrected chi connectivity index (χ2v) is 7.31. The van der Waals surface area contributed by atoms with Crippen LogP contribution < -0.4 is 4.90 Å². The number of alkyl halides is 1. The number of benzene rings is 2. The SMILES string of the molecule is Cc1c(CF)cccc1Cn1c(C)nc2c(CO)cc(N3CCOCC3)cc21. The van der Waals surface area contributed by atoms with Crippen LogP contribution in [0.1, 0.15) is 28.1 Å². The Bertz CT molecular complexity index is 993. The molecule has 1 N–H and O–H groups in total. The Kier molecular flexibility index (Phi) is 5.33. The maximum atomic E-state index is 13.3. The quantitative estimate of drug-likeness (QED) is 0.733. The molecule has 1 aliphatic rings. The number of rotatable bonds is 5. The molecule has 6 heteroatoms. The lowest BCUT2D eigenvalue weighted by molar-refractivity contribution is 0.122. The summed E-state index contributed by atoms with van der Waals surface area (Å²) in [6.07, 6.45) is 0. The maximum Gasteiger partial charge on any atom is 0.115 e. The maximum absolute atomic E-state index is 13.3. The monoisotopic (exact) mass is 383 g/mol. The number of aromatic nitrogens is 2. The average Bonchev–Trinajstić information content (AvgIpc) is 3.04. The number of fused-ring (bicyclic) bond motifs is 1. The molecule has 0 aliphatic carbocycles. The molecular weight excluding hydrogens is 357 g/mol. The fourth-order valence-corrected chi connectivity index (χ4v) is 3.94. The van der Waals surface area contributed by atoms with Crippen molar-refractivity contribution in [3.8, 4) is 0 Å². The van der Waals surface area contributed by atoms with Crippen LogP contribution in [0, 0.1) is 13.8 Å². The van der Waals surface area contributed by atoms with Gasteiger partial charge in [-0.25, -0.2) is 9.37 Å². The molecule has 28 heavy (non-hydrogen) atoms. The third kappa shape index (κ3) is 3.38. The van der Waals surface area contributed by atoms with Crippen LogP contribution in [0.5, 0.6) is 0 Å². The number of ether oxygens (including phenoxy) is 1. The van der Waals surface area contributed by atoms with Crippen LogP contribution >= 0.6 is 0 Å². The fourth-order valence-electron chi connectivity index (χ4n) is 3.94. The Morgan fingerprint density at radius 1 is 1.11 bits per heavy atom. The van der Waals surface area contributed by atoms with Crippen LogP contribution in [0.3, 0.4) is 0 Å². The normalized spacial score (nSPS) is 14.8. The second kappa shape index (κ2) is 7.89. The van der Waals surface area contributed by atoms with E-state index in [1.807, 2.05) is 38.1 Å². The summed E-state index contributed by atoms with van der Waals surface area (Å²) in [6, 6.07) is 9.95. The van der Waals surface area contributed by atoms with Gasteiger partial charge in [0.2, 0.25) is 0 Å². The van der Waals surface area contributed by atoms with Crippen LogP contribution in [-0.4, -0.2) is 41.0 Å². The van der Waals surface area contributed by atoms with E-state index in [-0.39, 0.29) is 6.61 Å². The van der Waals surface area contributed by atoms with Crippen molar-refractivity contribution < 1.29 is 14.2 Å². The van der Waals surface area contributed by atoms with E-state index in [9.17, 15) is 9.50 Å². The van der Waals surface area contributed by atoms with Gasteiger partial charge in [0.15, 0.2) is 0 Å². The van der Waals surface area contributed by atoms with E-state index in [1.54, 1.807) is 0 Å². The predicted octanol–water partition coefficient (Wildman–Crippen LogP) is 3.50. The first-order valence-corrected chi connectivity index (χ1v) is 9.69. The Morgan fingerprint density at radius 3 is 2.57 bits per heavy atom. The van der Waals surface area contributed by atoms with Crippen molar-refractivity contribution >= 4 is 16.7 Å². The van der Waals surface area contributed by atoms with Gasteiger partial charge >= 0.3 is 0 Å². The molecule has 4 rings (SSSR count). The summed E-state index contributed by atoms with van der Waals surface area (Å²) in [5.41, 5.74) is 6.53. The summed E-state index contributed by atoms with van der Waals surface area (Å²) < 4.78 is 20.9. The highest BCUT2D eigenvalue weighted by Crippen LogP contribution is 2.29. The van der Waals surface area contributed by atoms with Gasteiger partial charge in [-0.05, 0) is 42.7 Å². The number of aliphatic hydroxyl groups excluding tert-OH is 1. The van der Waals surface area contributed by atoms with E-state index in [2.05, 4.69) is 15.5 Å². The summed E-state index contributed by atoms with van der Waals surface area (Å²) in [6.45, 7) is 7.14. The summed E-state index contributed by atoms with van der Waals surface area (Å²) in [7, 11) is 0. The number of hydrogen-bond donors (Lipinski definition) is 1. The third-order valence-electron chi connectivity index (χ3n) is 5.69. The molecule has 1 aliphatic heterocycles. The van der Waals surface area contributed by atoms with Crippen molar-refractivity contribution in [3.05, 3.63) is 58.4 Å². The Labute approximate surface area is 164 Å². The number of anilines is 1. The number of halogens is 1. The molecular formula is C22H26FN3O2. The molecule has 0 saturated carbocycles. The lowest BCUT2D eigenvalue weighted by Gasteiger charge is -2.29. The minimum Gasteiger partial charge on any atom is -0.392 e. The van der Waals surface area contributed by atoms with E-state index >= 15 is 0 Å². The number of nitrogens with zero attached hydrogens (tertiary/aromatic N) is 3. The molecule has 3 aromatic rings. The van der Waals surface area contributed by atoms with Gasteiger partial charge in [0.05, 0.1) is 30.9 Å². The summed E-state index contributed by atoms with van der Waals surface area (Å²) in [4.78, 5) is 7.01. The van der Waals surface area contributed by atoms with Crippen LogP contribution in [0.2, 0.25) is 0 Å². The van der Waals surface area contributed by atoms with Crippen molar-refractivity contribution in [1.82, 2.24) is 9.55 Å². The van der Waals surface area contributed by atoms with Gasteiger partial charge in [0.25, 0.3) is 0 Å². The molecule has 0 unspecified atom stereocenters. The van der Waals surface area contributed by atoms with Gasteiger partial charge in [-0.1, -0.05) is 18.2 Å². The lowest BCUT2D eigenvalue weighted by atomic mass is 10.0. The zero-order valence-corrected chi connectivity index (χ0v) is 16.4. The van der Waals surface area contributed by atoms with Crippen LogP contribution in [0.15, 0.2) is 30.3 Å². The van der Waals surface area contributed by atoms with E-state index in [4.69, 9.17) is 9.72 Å². The van der Waals surface area contributed by atoms with Gasteiger partial charge in [-0.2, -0.15) is 0 Å². The number of aryl methyl sites for hydroxylation is 1. The fraction of sp³-hybridized carbons (Fsp3) is 0.409. The summed E-state index contributed by atoms with van der Waals surface area (Å²) >= 11 is 0. The standard InChI is InChI=1S/C22H26FN3O2/c1-15-17(12-23)4-3-5-18(15)13-26-16(2)24-22-19(14-27)10-20(11-21(22)26)25-6-8-28-9-7-25/h3-5,10-11,27H,6-9,12-14H2,1-2H3. The van der Waals surface area contributed by atoms with E-state index in [1.165, 1.54) is 0 Å². The molecule has 0 amide bonds. The molecule has 2 aromatic carbocycles. The van der Waals surface area contributed by atoms with Crippen molar-refractivity contribution in [2.75, 3.05) is 31.2 Å². The van der Waals surface area contributed by atoms with Gasteiger partial charge in [0.1, 0.15) is 12.5 Å². The van der Waals surface area contributed by atoms with Crippen LogP contribution in [0.25, 0.3) is 11.0 Å². The first-order valence-electron chi connectivity index (χ1n) is 9.69. The second-order valence-electron chi connectivity index (χ2n) is 7.31. The molecule has 0 spiro atoms. The number of aliphatic hydroxyl groups is 1. The number of hydrogen-bond acceptors (Lipinski definition) is 4. The zero-order chi connectivity index (χ0) is 19.7. The van der Waals surface area contributed by atoms with E-state index < -0.39 is 6.67 Å². The van der Waals surface area contributed by atoms with Crippen LogP contribution in [0.4, 0.5) is 10.1 Å². The smallest absolute Gasteiger partial charge is 0.115 e. The zero-order valence-electron chi connectivity index (χ0n) is 16.4. The minimum atomic E-state index is -0.459. The van der Waals surface area contributed by atoms with Crippen molar-refractivity contribution in [3.63, 3.8) is 0 Å². The molecule has 5 nitrogen and oxygen atoms in total. The molecule has 0 atom stereocenters. The minimum absolute atomic E-state index is 0.0541.